The zero-order valence-corrected chi connectivity index (χ0v) is 18.3. The van der Waals surface area contributed by atoms with E-state index in [1.807, 2.05) is 25.2 Å². The Balaban J connectivity index is 1.37. The standard InChI is InChI=1S/C24H33N5O2/c1-25-24(29-13-11-27(12-14-29)21-9-5-6-10-23(21)30)26-19-22(20-7-3-2-4-8-20)28-15-17-31-18-16-28/h2-10,22,30H,11-19H2,1H3,(H,25,26). The average Bonchev–Trinajstić information content (AvgIpc) is 2.84. The molecule has 2 N–H and O–H groups in total. The van der Waals surface area contributed by atoms with Crippen LogP contribution >= 0.6 is 0 Å². The van der Waals surface area contributed by atoms with Crippen LogP contribution in [0.4, 0.5) is 5.69 Å². The summed E-state index contributed by atoms with van der Waals surface area (Å²) < 4.78 is 5.57. The summed E-state index contributed by atoms with van der Waals surface area (Å²) in [4.78, 5) is 11.6. The first kappa shape index (κ1) is 21.5. The number of nitrogens with one attached hydrogen (secondary N) is 1. The van der Waals surface area contributed by atoms with Crippen LogP contribution in [0.15, 0.2) is 59.6 Å². The Morgan fingerprint density at radius 2 is 1.65 bits per heavy atom. The molecule has 2 aliphatic heterocycles. The third-order valence-electron chi connectivity index (χ3n) is 6.14. The van der Waals surface area contributed by atoms with E-state index in [0.717, 1.165) is 70.7 Å². The van der Waals surface area contributed by atoms with Gasteiger partial charge in [0.15, 0.2) is 5.96 Å². The fourth-order valence-corrected chi connectivity index (χ4v) is 4.43. The van der Waals surface area contributed by atoms with Crippen LogP contribution in [-0.4, -0.2) is 86.9 Å². The van der Waals surface area contributed by atoms with E-state index < -0.39 is 0 Å². The number of aromatic hydroxyl groups is 1. The number of ether oxygens (including phenoxy) is 1. The quantitative estimate of drug-likeness (QED) is 0.568. The number of morpholine rings is 1. The second-order valence-corrected chi connectivity index (χ2v) is 7.97. The minimum absolute atomic E-state index is 0.282. The van der Waals surface area contributed by atoms with Crippen molar-refractivity contribution in [3.8, 4) is 5.75 Å². The second kappa shape index (κ2) is 10.5. The number of anilines is 1. The highest BCUT2D eigenvalue weighted by Crippen LogP contribution is 2.27. The smallest absolute Gasteiger partial charge is 0.193 e. The first-order chi connectivity index (χ1) is 15.3. The number of rotatable bonds is 5. The molecule has 31 heavy (non-hydrogen) atoms. The molecule has 0 radical (unpaired) electrons. The molecular weight excluding hydrogens is 390 g/mol. The van der Waals surface area contributed by atoms with Crippen LogP contribution in [0, 0.1) is 0 Å². The molecule has 1 unspecified atom stereocenters. The number of hydrogen-bond donors (Lipinski definition) is 2. The topological polar surface area (TPSA) is 63.6 Å². The van der Waals surface area contributed by atoms with Gasteiger partial charge in [-0.1, -0.05) is 42.5 Å². The zero-order valence-electron chi connectivity index (χ0n) is 18.3. The number of guanidine groups is 1. The lowest BCUT2D eigenvalue weighted by molar-refractivity contribution is 0.0169. The van der Waals surface area contributed by atoms with Gasteiger partial charge in [0.25, 0.3) is 0 Å². The molecule has 0 bridgehead atoms. The minimum Gasteiger partial charge on any atom is -0.506 e. The van der Waals surface area contributed by atoms with E-state index in [4.69, 9.17) is 4.74 Å². The number of phenolic OH excluding ortho intramolecular Hbond substituents is 1. The normalized spacial score (nSPS) is 19.3. The SMILES string of the molecule is CN=C(NCC(c1ccccc1)N1CCOCC1)N1CCN(c2ccccc2O)CC1. The van der Waals surface area contributed by atoms with Gasteiger partial charge >= 0.3 is 0 Å². The lowest BCUT2D eigenvalue weighted by Gasteiger charge is -2.39. The van der Waals surface area contributed by atoms with Crippen LogP contribution < -0.4 is 10.2 Å². The van der Waals surface area contributed by atoms with Crippen molar-refractivity contribution in [1.29, 1.82) is 0 Å². The molecule has 7 nitrogen and oxygen atoms in total. The Kier molecular flexibility index (Phi) is 7.27. The van der Waals surface area contributed by atoms with Crippen molar-refractivity contribution in [3.05, 3.63) is 60.2 Å². The summed E-state index contributed by atoms with van der Waals surface area (Å²) in [6.45, 7) is 7.68. The molecule has 2 fully saturated rings. The van der Waals surface area contributed by atoms with Gasteiger partial charge in [0.1, 0.15) is 5.75 Å². The Morgan fingerprint density at radius 1 is 0.968 bits per heavy atom. The predicted octanol–water partition coefficient (Wildman–Crippen LogP) is 2.16. The van der Waals surface area contributed by atoms with Crippen molar-refractivity contribution in [2.75, 3.05) is 71.0 Å². The van der Waals surface area contributed by atoms with Crippen LogP contribution in [0.25, 0.3) is 0 Å². The summed E-state index contributed by atoms with van der Waals surface area (Å²) >= 11 is 0. The fourth-order valence-electron chi connectivity index (χ4n) is 4.43. The summed E-state index contributed by atoms with van der Waals surface area (Å²) in [5.74, 6) is 1.28. The highest BCUT2D eigenvalue weighted by molar-refractivity contribution is 5.80. The molecule has 0 saturated carbocycles. The predicted molar refractivity (Wildman–Crippen MR) is 125 cm³/mol. The summed E-state index contributed by atoms with van der Waals surface area (Å²) in [6.07, 6.45) is 0. The van der Waals surface area contributed by atoms with Crippen molar-refractivity contribution in [2.45, 2.75) is 6.04 Å². The number of hydrogen-bond acceptors (Lipinski definition) is 5. The Bertz CT molecular complexity index is 846. The zero-order chi connectivity index (χ0) is 21.5. The van der Waals surface area contributed by atoms with E-state index in [1.165, 1.54) is 5.56 Å². The first-order valence-corrected chi connectivity index (χ1v) is 11.1. The fraction of sp³-hybridized carbons (Fsp3) is 0.458. The highest BCUT2D eigenvalue weighted by atomic mass is 16.5. The number of piperazine rings is 1. The molecule has 0 aromatic heterocycles. The molecule has 2 aromatic carbocycles. The Hall–Kier alpha value is -2.77. The van der Waals surface area contributed by atoms with E-state index in [0.29, 0.717) is 5.75 Å². The van der Waals surface area contributed by atoms with Crippen LogP contribution in [0.3, 0.4) is 0 Å². The molecule has 2 aromatic rings. The number of aliphatic imine (C=N–C) groups is 1. The minimum atomic E-state index is 0.282. The molecule has 0 amide bonds. The maximum atomic E-state index is 10.2. The third-order valence-corrected chi connectivity index (χ3v) is 6.14. The van der Waals surface area contributed by atoms with Gasteiger partial charge in [0, 0.05) is 52.9 Å². The molecular formula is C24H33N5O2. The molecule has 166 valence electrons. The maximum Gasteiger partial charge on any atom is 0.193 e. The lowest BCUT2D eigenvalue weighted by atomic mass is 10.0. The van der Waals surface area contributed by atoms with E-state index in [9.17, 15) is 5.11 Å². The molecule has 1 atom stereocenters. The maximum absolute atomic E-state index is 10.2. The summed E-state index contributed by atoms with van der Waals surface area (Å²) in [5.41, 5.74) is 2.22. The lowest BCUT2D eigenvalue weighted by Crippen LogP contribution is -2.54. The molecule has 2 heterocycles. The van der Waals surface area contributed by atoms with Crippen molar-refractivity contribution in [2.24, 2.45) is 4.99 Å². The molecule has 0 spiro atoms. The molecule has 7 heteroatoms. The van der Waals surface area contributed by atoms with E-state index in [-0.39, 0.29) is 6.04 Å². The third kappa shape index (κ3) is 5.29. The molecule has 4 rings (SSSR count). The largest absolute Gasteiger partial charge is 0.506 e. The average molecular weight is 424 g/mol. The van der Waals surface area contributed by atoms with Crippen molar-refractivity contribution < 1.29 is 9.84 Å². The molecule has 0 aliphatic carbocycles. The van der Waals surface area contributed by atoms with Gasteiger partial charge in [-0.15, -0.1) is 0 Å². The summed E-state index contributed by atoms with van der Waals surface area (Å²) in [7, 11) is 1.85. The number of phenols is 1. The molecule has 2 saturated heterocycles. The van der Waals surface area contributed by atoms with Gasteiger partial charge in [-0.05, 0) is 17.7 Å². The molecule has 2 aliphatic rings. The summed E-state index contributed by atoms with van der Waals surface area (Å²) in [6, 6.07) is 18.5. The van der Waals surface area contributed by atoms with Crippen molar-refractivity contribution >= 4 is 11.6 Å². The number of benzene rings is 2. The number of nitrogens with zero attached hydrogens (tertiary/aromatic N) is 4. The Morgan fingerprint density at radius 3 is 2.32 bits per heavy atom. The Labute approximate surface area is 184 Å². The van der Waals surface area contributed by atoms with Crippen LogP contribution in [0.1, 0.15) is 11.6 Å². The van der Waals surface area contributed by atoms with Gasteiger partial charge in [-0.2, -0.15) is 0 Å². The number of para-hydroxylation sites is 2. The van der Waals surface area contributed by atoms with Crippen LogP contribution in [-0.2, 0) is 4.74 Å². The second-order valence-electron chi connectivity index (χ2n) is 7.97. The van der Waals surface area contributed by atoms with Gasteiger partial charge in [-0.3, -0.25) is 9.89 Å². The van der Waals surface area contributed by atoms with Crippen LogP contribution in [0.5, 0.6) is 5.75 Å². The van der Waals surface area contributed by atoms with Gasteiger partial charge < -0.3 is 25.0 Å². The monoisotopic (exact) mass is 423 g/mol. The van der Waals surface area contributed by atoms with E-state index in [2.05, 4.69) is 55.3 Å². The highest BCUT2D eigenvalue weighted by Gasteiger charge is 2.25. The van der Waals surface area contributed by atoms with Crippen molar-refractivity contribution in [3.63, 3.8) is 0 Å². The van der Waals surface area contributed by atoms with Crippen molar-refractivity contribution in [1.82, 2.24) is 15.1 Å². The van der Waals surface area contributed by atoms with Gasteiger partial charge in [0.2, 0.25) is 0 Å². The van der Waals surface area contributed by atoms with Crippen LogP contribution in [0.2, 0.25) is 0 Å². The summed E-state index contributed by atoms with van der Waals surface area (Å²) in [5, 5.41) is 13.8. The van der Waals surface area contributed by atoms with Gasteiger partial charge in [-0.25, -0.2) is 0 Å². The first-order valence-electron chi connectivity index (χ1n) is 11.1. The van der Waals surface area contributed by atoms with Gasteiger partial charge in [0.05, 0.1) is 24.9 Å². The van der Waals surface area contributed by atoms with E-state index in [1.54, 1.807) is 6.07 Å². The van der Waals surface area contributed by atoms with E-state index >= 15 is 0 Å².